The highest BCUT2D eigenvalue weighted by atomic mass is 16.2. The van der Waals surface area contributed by atoms with Gasteiger partial charge in [0.25, 0.3) is 5.56 Å². The third-order valence-electron chi connectivity index (χ3n) is 8.28. The smallest absolute Gasteiger partial charge is 0.318 e. The Morgan fingerprint density at radius 2 is 1.52 bits per heavy atom. The Morgan fingerprint density at radius 1 is 0.857 bits per heavy atom. The third-order valence-corrected chi connectivity index (χ3v) is 8.28. The van der Waals surface area contributed by atoms with Crippen LogP contribution in [0.3, 0.4) is 0 Å². The van der Waals surface area contributed by atoms with Crippen molar-refractivity contribution in [3.63, 3.8) is 0 Å². The number of rotatable bonds is 9. The molecule has 5 aromatic rings. The van der Waals surface area contributed by atoms with Crippen molar-refractivity contribution in [1.29, 1.82) is 0 Å². The summed E-state index contributed by atoms with van der Waals surface area (Å²) in [6.45, 7) is 8.14. The molecule has 2 fully saturated rings. The summed E-state index contributed by atoms with van der Waals surface area (Å²) in [7, 11) is 0. The van der Waals surface area contributed by atoms with E-state index in [1.54, 1.807) is 4.57 Å². The number of benzene rings is 2. The number of H-pyrrole nitrogens is 1. The predicted molar refractivity (Wildman–Crippen MR) is 161 cm³/mol. The van der Waals surface area contributed by atoms with E-state index in [0.29, 0.717) is 54.9 Å². The molecule has 0 radical (unpaired) electrons. The molecule has 10 heteroatoms. The summed E-state index contributed by atoms with van der Waals surface area (Å²) >= 11 is 0. The van der Waals surface area contributed by atoms with Crippen molar-refractivity contribution in [3.05, 3.63) is 80.8 Å². The van der Waals surface area contributed by atoms with Gasteiger partial charge in [0.2, 0.25) is 5.82 Å². The first-order valence-electron chi connectivity index (χ1n) is 14.9. The molecule has 0 atom stereocenters. The molecular formula is C32H36N8O2. The van der Waals surface area contributed by atoms with Gasteiger partial charge in [-0.1, -0.05) is 69.3 Å². The van der Waals surface area contributed by atoms with Crippen molar-refractivity contribution >= 4 is 11.2 Å². The lowest BCUT2D eigenvalue weighted by Crippen LogP contribution is -2.41. The van der Waals surface area contributed by atoms with E-state index in [2.05, 4.69) is 70.2 Å². The summed E-state index contributed by atoms with van der Waals surface area (Å²) in [5.41, 5.74) is 4.62. The molecule has 2 saturated carbocycles. The van der Waals surface area contributed by atoms with E-state index >= 15 is 0 Å². The molecule has 2 aliphatic carbocycles. The number of tetrazole rings is 1. The summed E-state index contributed by atoms with van der Waals surface area (Å²) in [4.78, 5) is 32.7. The number of nitrogens with zero attached hydrogens (tertiary/aromatic N) is 7. The Labute approximate surface area is 243 Å². The van der Waals surface area contributed by atoms with Gasteiger partial charge in [-0.25, -0.2) is 9.78 Å². The lowest BCUT2D eigenvalue weighted by atomic mass is 9.92. The van der Waals surface area contributed by atoms with Crippen molar-refractivity contribution in [2.45, 2.75) is 72.5 Å². The van der Waals surface area contributed by atoms with Crippen LogP contribution in [-0.4, -0.2) is 39.3 Å². The topological polar surface area (TPSA) is 116 Å². The Bertz CT molecular complexity index is 1870. The molecule has 0 aliphatic heterocycles. The van der Waals surface area contributed by atoms with E-state index in [1.807, 2.05) is 24.3 Å². The van der Waals surface area contributed by atoms with Gasteiger partial charge >= 0.3 is 5.69 Å². The second kappa shape index (κ2) is 10.2. The highest BCUT2D eigenvalue weighted by Crippen LogP contribution is 2.33. The second-order valence-electron chi connectivity index (χ2n) is 13.2. The molecule has 0 bridgehead atoms. The molecule has 3 aromatic heterocycles. The van der Waals surface area contributed by atoms with Gasteiger partial charge in [0.05, 0.1) is 0 Å². The molecule has 216 valence electrons. The van der Waals surface area contributed by atoms with E-state index in [9.17, 15) is 9.59 Å². The van der Waals surface area contributed by atoms with E-state index in [0.717, 1.165) is 53.8 Å². The molecule has 7 rings (SSSR count). The van der Waals surface area contributed by atoms with Gasteiger partial charge in [-0.05, 0) is 64.8 Å². The summed E-state index contributed by atoms with van der Waals surface area (Å²) in [6, 6.07) is 16.4. The highest BCUT2D eigenvalue weighted by molar-refractivity contribution is 5.80. The molecule has 0 amide bonds. The van der Waals surface area contributed by atoms with Crippen LogP contribution in [-0.2, 0) is 26.1 Å². The number of nitrogens with one attached hydrogen (secondary N) is 1. The second-order valence-corrected chi connectivity index (χ2v) is 13.2. The summed E-state index contributed by atoms with van der Waals surface area (Å²) in [5, 5.41) is 14.6. The first-order chi connectivity index (χ1) is 20.2. The van der Waals surface area contributed by atoms with Crippen LogP contribution in [0.25, 0.3) is 33.7 Å². The monoisotopic (exact) mass is 564 g/mol. The van der Waals surface area contributed by atoms with Crippen LogP contribution in [0.4, 0.5) is 0 Å². The number of aromatic amines is 1. The Kier molecular flexibility index (Phi) is 6.44. The lowest BCUT2D eigenvalue weighted by Gasteiger charge is -2.19. The average molecular weight is 565 g/mol. The quantitative estimate of drug-likeness (QED) is 0.278. The van der Waals surface area contributed by atoms with Crippen molar-refractivity contribution in [2.24, 2.45) is 17.3 Å². The van der Waals surface area contributed by atoms with Crippen LogP contribution in [0, 0.1) is 17.3 Å². The number of aromatic nitrogens is 8. The highest BCUT2D eigenvalue weighted by Gasteiger charge is 2.30. The Hall–Kier alpha value is -4.34. The van der Waals surface area contributed by atoms with Gasteiger partial charge < -0.3 is 4.57 Å². The Balaban J connectivity index is 1.32. The zero-order valence-corrected chi connectivity index (χ0v) is 24.4. The fraction of sp³-hybridized carbons (Fsp3) is 0.438. The minimum atomic E-state index is -0.215. The summed E-state index contributed by atoms with van der Waals surface area (Å²) in [5.74, 6) is 2.28. The lowest BCUT2D eigenvalue weighted by molar-refractivity contribution is 0.394. The normalized spacial score (nSPS) is 15.5. The van der Waals surface area contributed by atoms with Gasteiger partial charge in [-0.2, -0.15) is 5.21 Å². The number of hydrogen-bond acceptors (Lipinski definition) is 6. The molecule has 0 saturated heterocycles. The molecule has 2 aromatic carbocycles. The van der Waals surface area contributed by atoms with Crippen molar-refractivity contribution in [1.82, 2.24) is 39.3 Å². The van der Waals surface area contributed by atoms with E-state index in [-0.39, 0.29) is 16.7 Å². The van der Waals surface area contributed by atoms with Gasteiger partial charge in [0.15, 0.2) is 11.2 Å². The van der Waals surface area contributed by atoms with Crippen molar-refractivity contribution in [2.75, 3.05) is 0 Å². The number of imidazole rings is 1. The molecule has 0 spiro atoms. The van der Waals surface area contributed by atoms with Gasteiger partial charge in [0.1, 0.15) is 5.82 Å². The Morgan fingerprint density at radius 3 is 2.14 bits per heavy atom. The van der Waals surface area contributed by atoms with E-state index in [4.69, 9.17) is 4.98 Å². The zero-order chi connectivity index (χ0) is 29.0. The van der Waals surface area contributed by atoms with Crippen LogP contribution >= 0.6 is 0 Å². The first kappa shape index (κ1) is 26.6. The van der Waals surface area contributed by atoms with Crippen molar-refractivity contribution < 1.29 is 0 Å². The third kappa shape index (κ3) is 5.21. The van der Waals surface area contributed by atoms with Gasteiger partial charge in [-0.15, -0.1) is 10.2 Å². The minimum Gasteiger partial charge on any atom is -0.318 e. The first-order valence-corrected chi connectivity index (χ1v) is 14.9. The van der Waals surface area contributed by atoms with Gasteiger partial charge in [-0.3, -0.25) is 13.9 Å². The largest absolute Gasteiger partial charge is 0.332 e. The maximum absolute atomic E-state index is 14.0. The van der Waals surface area contributed by atoms with E-state index < -0.39 is 0 Å². The fourth-order valence-electron chi connectivity index (χ4n) is 5.74. The van der Waals surface area contributed by atoms with Crippen LogP contribution in [0.1, 0.15) is 57.8 Å². The molecule has 42 heavy (non-hydrogen) atoms. The van der Waals surface area contributed by atoms with E-state index in [1.165, 1.54) is 4.57 Å². The van der Waals surface area contributed by atoms with Crippen LogP contribution in [0.15, 0.2) is 58.1 Å². The predicted octanol–water partition coefficient (Wildman–Crippen LogP) is 4.66. The maximum atomic E-state index is 14.0. The fourth-order valence-corrected chi connectivity index (χ4v) is 5.74. The average Bonchev–Trinajstić information content (AvgIpc) is 3.88. The van der Waals surface area contributed by atoms with Gasteiger partial charge in [0, 0.05) is 31.6 Å². The SMILES string of the molecule is CC(C)(C)Cc1nc2c(c(=O)n(CC3CC3)c(=O)n2CC2CC2)n1Cc1ccc(-c2ccccc2-c2nn[nH]n2)cc1. The zero-order valence-electron chi connectivity index (χ0n) is 24.4. The molecular weight excluding hydrogens is 528 g/mol. The number of fused-ring (bicyclic) bond motifs is 1. The maximum Gasteiger partial charge on any atom is 0.332 e. The molecule has 3 heterocycles. The van der Waals surface area contributed by atoms with Crippen LogP contribution in [0.2, 0.25) is 0 Å². The number of hydrogen-bond donors (Lipinski definition) is 1. The minimum absolute atomic E-state index is 0.0451. The molecule has 2 aliphatic rings. The summed E-state index contributed by atoms with van der Waals surface area (Å²) in [6.07, 6.45) is 5.07. The molecule has 1 N–H and O–H groups in total. The molecule has 10 nitrogen and oxygen atoms in total. The molecule has 0 unspecified atom stereocenters. The standard InChI is InChI=1S/C32H36N8O2/c1-32(2,3)16-26-33-29-27(30(41)40(19-21-10-11-21)31(42)39(29)18-20-8-9-20)38(26)17-22-12-14-23(15-13-22)24-6-4-5-7-25(24)28-34-36-37-35-28/h4-7,12-15,20-21H,8-11,16-19H2,1-3H3,(H,34,35,36,37). The van der Waals surface area contributed by atoms with Crippen LogP contribution in [0.5, 0.6) is 0 Å². The van der Waals surface area contributed by atoms with Crippen molar-refractivity contribution in [3.8, 4) is 22.5 Å². The van der Waals surface area contributed by atoms with Crippen LogP contribution < -0.4 is 11.2 Å². The summed E-state index contributed by atoms with van der Waals surface area (Å²) < 4.78 is 5.34.